The average Bonchev–Trinajstić information content (AvgIpc) is 2.17. The van der Waals surface area contributed by atoms with Crippen molar-refractivity contribution in [1.29, 1.82) is 0 Å². The van der Waals surface area contributed by atoms with E-state index in [1.807, 2.05) is 20.9 Å². The first-order valence-electron chi connectivity index (χ1n) is 5.81. The second-order valence-electron chi connectivity index (χ2n) is 4.77. The van der Waals surface area contributed by atoms with Gasteiger partial charge in [-0.05, 0) is 33.7 Å². The summed E-state index contributed by atoms with van der Waals surface area (Å²) in [6.45, 7) is 8.69. The van der Waals surface area contributed by atoms with E-state index in [-0.39, 0.29) is 0 Å². The predicted octanol–water partition coefficient (Wildman–Crippen LogP) is 2.61. The van der Waals surface area contributed by atoms with Gasteiger partial charge in [0.25, 0.3) is 0 Å². The summed E-state index contributed by atoms with van der Waals surface area (Å²) in [4.78, 5) is 13.3. The van der Waals surface area contributed by atoms with E-state index in [4.69, 9.17) is 5.11 Å². The molecule has 0 fully saturated rings. The quantitative estimate of drug-likeness (QED) is 0.709. The van der Waals surface area contributed by atoms with Crippen molar-refractivity contribution in [3.63, 3.8) is 0 Å². The van der Waals surface area contributed by atoms with Gasteiger partial charge in [-0.2, -0.15) is 0 Å². The summed E-state index contributed by atoms with van der Waals surface area (Å²) in [5.41, 5.74) is -0.614. The van der Waals surface area contributed by atoms with Gasteiger partial charge in [0.1, 0.15) is 0 Å². The number of hydrogen-bond acceptors (Lipinski definition) is 2. The molecule has 2 unspecified atom stereocenters. The van der Waals surface area contributed by atoms with Crippen molar-refractivity contribution in [3.8, 4) is 0 Å². The van der Waals surface area contributed by atoms with Crippen molar-refractivity contribution in [2.45, 2.75) is 53.0 Å². The molecule has 0 aliphatic heterocycles. The van der Waals surface area contributed by atoms with Crippen LogP contribution < -0.4 is 0 Å². The standard InChI is InChI=1S/C12H25NO2/c1-6-8-10(3)13(5)9-12(4,7-2)11(14)15/h10H,6-9H2,1-5H3,(H,14,15). The van der Waals surface area contributed by atoms with Crippen molar-refractivity contribution in [1.82, 2.24) is 4.90 Å². The maximum absolute atomic E-state index is 11.1. The summed E-state index contributed by atoms with van der Waals surface area (Å²) in [5.74, 6) is -0.694. The number of aliphatic carboxylic acids is 1. The molecule has 2 atom stereocenters. The summed E-state index contributed by atoms with van der Waals surface area (Å²) in [6.07, 6.45) is 2.93. The van der Waals surface area contributed by atoms with E-state index in [0.29, 0.717) is 19.0 Å². The third kappa shape index (κ3) is 4.20. The Morgan fingerprint density at radius 3 is 2.33 bits per heavy atom. The zero-order chi connectivity index (χ0) is 12.1. The summed E-state index contributed by atoms with van der Waals surface area (Å²) >= 11 is 0. The molecule has 15 heavy (non-hydrogen) atoms. The maximum atomic E-state index is 11.1. The highest BCUT2D eigenvalue weighted by atomic mass is 16.4. The fourth-order valence-corrected chi connectivity index (χ4v) is 1.68. The van der Waals surface area contributed by atoms with Crippen molar-refractivity contribution in [2.24, 2.45) is 5.41 Å². The van der Waals surface area contributed by atoms with E-state index < -0.39 is 11.4 Å². The lowest BCUT2D eigenvalue weighted by atomic mass is 9.86. The SMILES string of the molecule is CCCC(C)N(C)CC(C)(CC)C(=O)O. The van der Waals surface area contributed by atoms with E-state index in [1.54, 1.807) is 0 Å². The van der Waals surface area contributed by atoms with Crippen LogP contribution in [0.15, 0.2) is 0 Å². The van der Waals surface area contributed by atoms with Crippen molar-refractivity contribution in [2.75, 3.05) is 13.6 Å². The van der Waals surface area contributed by atoms with Gasteiger partial charge in [0.2, 0.25) is 0 Å². The molecule has 3 heteroatoms. The zero-order valence-corrected chi connectivity index (χ0v) is 10.7. The molecule has 0 radical (unpaired) electrons. The van der Waals surface area contributed by atoms with Crippen LogP contribution in [0.2, 0.25) is 0 Å². The van der Waals surface area contributed by atoms with Crippen LogP contribution in [0.25, 0.3) is 0 Å². The van der Waals surface area contributed by atoms with E-state index in [1.165, 1.54) is 0 Å². The van der Waals surface area contributed by atoms with Crippen LogP contribution in [-0.4, -0.2) is 35.6 Å². The first-order chi connectivity index (χ1) is 6.87. The normalized spacial score (nSPS) is 17.5. The van der Waals surface area contributed by atoms with Crippen LogP contribution in [-0.2, 0) is 4.79 Å². The molecule has 0 amide bonds. The fourth-order valence-electron chi connectivity index (χ4n) is 1.68. The molecule has 0 aromatic heterocycles. The lowest BCUT2D eigenvalue weighted by molar-refractivity contribution is -0.149. The topological polar surface area (TPSA) is 40.5 Å². The van der Waals surface area contributed by atoms with Crippen LogP contribution in [0, 0.1) is 5.41 Å². The monoisotopic (exact) mass is 215 g/mol. The van der Waals surface area contributed by atoms with Crippen LogP contribution in [0.1, 0.15) is 47.0 Å². The van der Waals surface area contributed by atoms with E-state index in [0.717, 1.165) is 12.8 Å². The largest absolute Gasteiger partial charge is 0.481 e. The minimum Gasteiger partial charge on any atom is -0.481 e. The first kappa shape index (κ1) is 14.4. The van der Waals surface area contributed by atoms with Crippen molar-refractivity contribution in [3.05, 3.63) is 0 Å². The molecule has 0 aromatic carbocycles. The molecule has 0 heterocycles. The van der Waals surface area contributed by atoms with Gasteiger partial charge in [0, 0.05) is 12.6 Å². The lowest BCUT2D eigenvalue weighted by Crippen LogP contribution is -2.42. The van der Waals surface area contributed by atoms with E-state index in [2.05, 4.69) is 18.7 Å². The summed E-state index contributed by atoms with van der Waals surface area (Å²) in [7, 11) is 2.01. The van der Waals surface area contributed by atoms with E-state index in [9.17, 15) is 4.79 Å². The second-order valence-corrected chi connectivity index (χ2v) is 4.77. The Morgan fingerprint density at radius 1 is 1.47 bits per heavy atom. The minimum atomic E-state index is -0.694. The summed E-state index contributed by atoms with van der Waals surface area (Å²) < 4.78 is 0. The molecule has 0 saturated heterocycles. The lowest BCUT2D eigenvalue weighted by Gasteiger charge is -2.32. The Hall–Kier alpha value is -0.570. The molecule has 0 aromatic rings. The van der Waals surface area contributed by atoms with Gasteiger partial charge >= 0.3 is 5.97 Å². The molecule has 0 bridgehead atoms. The Morgan fingerprint density at radius 2 is 2.00 bits per heavy atom. The number of rotatable bonds is 7. The highest BCUT2D eigenvalue weighted by molar-refractivity contribution is 5.74. The summed E-state index contributed by atoms with van der Waals surface area (Å²) in [6, 6.07) is 0.459. The Bertz CT molecular complexity index is 206. The number of carboxylic acids is 1. The molecular weight excluding hydrogens is 190 g/mol. The molecule has 0 aliphatic rings. The van der Waals surface area contributed by atoms with Crippen LogP contribution in [0.5, 0.6) is 0 Å². The summed E-state index contributed by atoms with van der Waals surface area (Å²) in [5, 5.41) is 9.17. The Kier molecular flexibility index (Phi) is 5.88. The number of hydrogen-bond donors (Lipinski definition) is 1. The molecular formula is C12H25NO2. The van der Waals surface area contributed by atoms with Gasteiger partial charge in [0.05, 0.1) is 5.41 Å². The predicted molar refractivity (Wildman–Crippen MR) is 63.0 cm³/mol. The maximum Gasteiger partial charge on any atom is 0.310 e. The molecule has 3 nitrogen and oxygen atoms in total. The smallest absolute Gasteiger partial charge is 0.310 e. The zero-order valence-electron chi connectivity index (χ0n) is 10.7. The van der Waals surface area contributed by atoms with Crippen LogP contribution in [0.3, 0.4) is 0 Å². The number of carbonyl (C=O) groups is 1. The van der Waals surface area contributed by atoms with Gasteiger partial charge in [-0.15, -0.1) is 0 Å². The number of carboxylic acid groups (broad SMARTS) is 1. The van der Waals surface area contributed by atoms with Crippen molar-refractivity contribution < 1.29 is 9.90 Å². The van der Waals surface area contributed by atoms with Crippen molar-refractivity contribution >= 4 is 5.97 Å². The molecule has 0 spiro atoms. The minimum absolute atomic E-state index is 0.459. The van der Waals surface area contributed by atoms with Gasteiger partial charge < -0.3 is 10.0 Å². The Balaban J connectivity index is 4.35. The third-order valence-corrected chi connectivity index (χ3v) is 3.35. The second kappa shape index (κ2) is 6.11. The molecule has 0 saturated carbocycles. The highest BCUT2D eigenvalue weighted by Crippen LogP contribution is 2.23. The van der Waals surface area contributed by atoms with E-state index >= 15 is 0 Å². The molecule has 1 N–H and O–H groups in total. The van der Waals surface area contributed by atoms with Crippen LogP contribution >= 0.6 is 0 Å². The molecule has 0 rings (SSSR count). The molecule has 90 valence electrons. The third-order valence-electron chi connectivity index (χ3n) is 3.35. The number of nitrogens with zero attached hydrogens (tertiary/aromatic N) is 1. The molecule has 0 aliphatic carbocycles. The Labute approximate surface area is 93.5 Å². The van der Waals surface area contributed by atoms with Crippen LogP contribution in [0.4, 0.5) is 0 Å². The van der Waals surface area contributed by atoms with Gasteiger partial charge in [0.15, 0.2) is 0 Å². The van der Waals surface area contributed by atoms with Gasteiger partial charge in [-0.25, -0.2) is 0 Å². The van der Waals surface area contributed by atoms with Gasteiger partial charge in [-0.1, -0.05) is 20.3 Å². The van der Waals surface area contributed by atoms with Gasteiger partial charge in [-0.3, -0.25) is 4.79 Å². The highest BCUT2D eigenvalue weighted by Gasteiger charge is 2.33. The fraction of sp³-hybridized carbons (Fsp3) is 0.917. The first-order valence-corrected chi connectivity index (χ1v) is 5.81. The average molecular weight is 215 g/mol.